The number of hydrogen-bond acceptors (Lipinski definition) is 5. The van der Waals surface area contributed by atoms with Crippen molar-refractivity contribution in [1.82, 2.24) is 0 Å². The fraction of sp³-hybridized carbons (Fsp3) is 0.280. The molecule has 0 radical (unpaired) electrons. The average Bonchev–Trinajstić information content (AvgIpc) is 3.48. The molecular weight excluding hydrogens is 488 g/mol. The lowest BCUT2D eigenvalue weighted by atomic mass is 9.85. The number of esters is 1. The number of fused-ring (bicyclic) bond motifs is 5. The van der Waals surface area contributed by atoms with E-state index < -0.39 is 18.5 Å². The van der Waals surface area contributed by atoms with Gasteiger partial charge in [0.2, 0.25) is 11.8 Å². The SMILES string of the molecule is Cc1cc(Br)ccc1NC(=O)COC(=O)c1cccc(N2C(=O)[C@@H]3[C@@H](C2=O)[C@H]2C=C[C@H]3C2)c1. The zero-order chi connectivity index (χ0) is 23.3. The summed E-state index contributed by atoms with van der Waals surface area (Å²) >= 11 is 3.37. The predicted molar refractivity (Wildman–Crippen MR) is 124 cm³/mol. The first-order valence-electron chi connectivity index (χ1n) is 10.7. The van der Waals surface area contributed by atoms with Gasteiger partial charge < -0.3 is 10.1 Å². The van der Waals surface area contributed by atoms with E-state index in [4.69, 9.17) is 4.74 Å². The molecule has 0 spiro atoms. The van der Waals surface area contributed by atoms with Crippen LogP contribution in [-0.2, 0) is 19.1 Å². The van der Waals surface area contributed by atoms with Gasteiger partial charge in [-0.2, -0.15) is 0 Å². The molecule has 7 nitrogen and oxygen atoms in total. The van der Waals surface area contributed by atoms with Crippen molar-refractivity contribution < 1.29 is 23.9 Å². The van der Waals surface area contributed by atoms with Crippen molar-refractivity contribution in [3.8, 4) is 0 Å². The third-order valence-electron chi connectivity index (χ3n) is 6.61. The van der Waals surface area contributed by atoms with E-state index in [9.17, 15) is 19.2 Å². The van der Waals surface area contributed by atoms with Gasteiger partial charge in [-0.15, -0.1) is 0 Å². The van der Waals surface area contributed by atoms with Crippen molar-refractivity contribution in [1.29, 1.82) is 0 Å². The normalized spacial score (nSPS) is 24.8. The zero-order valence-corrected chi connectivity index (χ0v) is 19.4. The Labute approximate surface area is 198 Å². The molecule has 3 aliphatic rings. The number of anilines is 2. The molecule has 1 N–H and O–H groups in total. The van der Waals surface area contributed by atoms with Gasteiger partial charge in [-0.3, -0.25) is 14.4 Å². The lowest BCUT2D eigenvalue weighted by Crippen LogP contribution is -2.33. The maximum Gasteiger partial charge on any atom is 0.338 e. The standard InChI is InChI=1S/C25H21BrN2O5/c1-13-9-17(26)7-8-19(13)27-20(29)12-33-25(32)16-3-2-4-18(11-16)28-23(30)21-14-5-6-15(10-14)22(21)24(28)31/h2-9,11,14-15,21-22H,10,12H2,1H3,(H,27,29)/t14-,15-,21-,22-/m0/s1. The molecule has 8 heteroatoms. The largest absolute Gasteiger partial charge is 0.452 e. The van der Waals surface area contributed by atoms with E-state index in [0.29, 0.717) is 11.4 Å². The lowest BCUT2D eigenvalue weighted by Gasteiger charge is -2.18. The molecule has 1 aliphatic heterocycles. The van der Waals surface area contributed by atoms with Gasteiger partial charge in [0.1, 0.15) is 0 Å². The van der Waals surface area contributed by atoms with Crippen LogP contribution in [0, 0.1) is 30.6 Å². The van der Waals surface area contributed by atoms with Crippen LogP contribution < -0.4 is 10.2 Å². The Morgan fingerprint density at radius 1 is 1.06 bits per heavy atom. The molecule has 1 saturated carbocycles. The first-order chi connectivity index (χ1) is 15.8. The average molecular weight is 509 g/mol. The minimum Gasteiger partial charge on any atom is -0.452 e. The topological polar surface area (TPSA) is 92.8 Å². The van der Waals surface area contributed by atoms with Crippen LogP contribution in [-0.4, -0.2) is 30.3 Å². The molecule has 33 heavy (non-hydrogen) atoms. The van der Waals surface area contributed by atoms with Gasteiger partial charge in [0, 0.05) is 10.2 Å². The number of benzene rings is 2. The van der Waals surface area contributed by atoms with Crippen LogP contribution in [0.4, 0.5) is 11.4 Å². The number of carbonyl (C=O) groups excluding carboxylic acids is 4. The second-order valence-corrected chi connectivity index (χ2v) is 9.56. The Hall–Kier alpha value is -3.26. The molecule has 2 bridgehead atoms. The van der Waals surface area contributed by atoms with Crippen molar-refractivity contribution in [2.75, 3.05) is 16.8 Å². The summed E-state index contributed by atoms with van der Waals surface area (Å²) in [6, 6.07) is 11.6. The molecule has 0 unspecified atom stereocenters. The molecular formula is C25H21BrN2O5. The third kappa shape index (κ3) is 3.78. The highest BCUT2D eigenvalue weighted by Crippen LogP contribution is 2.53. The quantitative estimate of drug-likeness (QED) is 0.376. The molecule has 2 aromatic carbocycles. The van der Waals surface area contributed by atoms with Gasteiger partial charge in [0.15, 0.2) is 6.61 Å². The lowest BCUT2D eigenvalue weighted by molar-refractivity contribution is -0.123. The minimum absolute atomic E-state index is 0.113. The fourth-order valence-electron chi connectivity index (χ4n) is 5.10. The highest BCUT2D eigenvalue weighted by molar-refractivity contribution is 9.10. The van der Waals surface area contributed by atoms with Crippen molar-refractivity contribution in [2.45, 2.75) is 13.3 Å². The summed E-state index contributed by atoms with van der Waals surface area (Å²) in [5.41, 5.74) is 2.01. The van der Waals surface area contributed by atoms with Gasteiger partial charge in [0.05, 0.1) is 23.1 Å². The maximum atomic E-state index is 13.0. The molecule has 5 rings (SSSR count). The zero-order valence-electron chi connectivity index (χ0n) is 17.8. The number of ether oxygens (including phenoxy) is 1. The number of carbonyl (C=O) groups is 4. The Morgan fingerprint density at radius 2 is 1.76 bits per heavy atom. The molecule has 2 aromatic rings. The molecule has 2 fully saturated rings. The second kappa shape index (κ2) is 8.26. The molecule has 2 aliphatic carbocycles. The fourth-order valence-corrected chi connectivity index (χ4v) is 5.57. The Kier molecular flexibility index (Phi) is 5.40. The summed E-state index contributed by atoms with van der Waals surface area (Å²) in [4.78, 5) is 52.0. The number of aryl methyl sites for hydroxylation is 1. The van der Waals surface area contributed by atoms with E-state index in [1.165, 1.54) is 17.0 Å². The van der Waals surface area contributed by atoms with E-state index in [1.54, 1.807) is 24.3 Å². The summed E-state index contributed by atoms with van der Waals surface area (Å²) in [7, 11) is 0. The van der Waals surface area contributed by atoms with Crippen LogP contribution in [0.15, 0.2) is 59.1 Å². The van der Waals surface area contributed by atoms with Gasteiger partial charge in [-0.1, -0.05) is 34.1 Å². The van der Waals surface area contributed by atoms with E-state index in [0.717, 1.165) is 16.5 Å². The summed E-state index contributed by atoms with van der Waals surface area (Å²) in [5.74, 6) is -1.99. The van der Waals surface area contributed by atoms with Crippen molar-refractivity contribution in [3.05, 3.63) is 70.2 Å². The molecule has 4 atom stereocenters. The number of hydrogen-bond donors (Lipinski definition) is 1. The third-order valence-corrected chi connectivity index (χ3v) is 7.10. The molecule has 1 heterocycles. The van der Waals surface area contributed by atoms with Gasteiger partial charge >= 0.3 is 5.97 Å². The van der Waals surface area contributed by atoms with E-state index in [2.05, 4.69) is 21.2 Å². The first kappa shape index (κ1) is 21.6. The van der Waals surface area contributed by atoms with Gasteiger partial charge in [-0.25, -0.2) is 9.69 Å². The summed E-state index contributed by atoms with van der Waals surface area (Å²) < 4.78 is 6.05. The van der Waals surface area contributed by atoms with Gasteiger partial charge in [0.25, 0.3) is 5.91 Å². The van der Waals surface area contributed by atoms with Crippen LogP contribution in [0.1, 0.15) is 22.3 Å². The number of halogens is 1. The number of nitrogens with one attached hydrogen (secondary N) is 1. The number of imide groups is 1. The Balaban J connectivity index is 1.25. The number of amides is 3. The molecule has 168 valence electrons. The smallest absolute Gasteiger partial charge is 0.338 e. The summed E-state index contributed by atoms with van der Waals surface area (Å²) in [6.45, 7) is 1.40. The van der Waals surface area contributed by atoms with Crippen LogP contribution >= 0.6 is 15.9 Å². The minimum atomic E-state index is -0.708. The predicted octanol–water partition coefficient (Wildman–Crippen LogP) is 3.86. The highest BCUT2D eigenvalue weighted by Gasteiger charge is 2.59. The first-order valence-corrected chi connectivity index (χ1v) is 11.5. The van der Waals surface area contributed by atoms with Crippen molar-refractivity contribution in [2.24, 2.45) is 23.7 Å². The second-order valence-electron chi connectivity index (χ2n) is 8.65. The van der Waals surface area contributed by atoms with Crippen molar-refractivity contribution in [3.63, 3.8) is 0 Å². The number of rotatable bonds is 5. The van der Waals surface area contributed by atoms with Crippen LogP contribution in [0.5, 0.6) is 0 Å². The highest BCUT2D eigenvalue weighted by atomic mass is 79.9. The van der Waals surface area contributed by atoms with Gasteiger partial charge in [-0.05, 0) is 67.1 Å². The summed E-state index contributed by atoms with van der Waals surface area (Å²) in [6.07, 6.45) is 4.93. The number of nitrogens with zero attached hydrogens (tertiary/aromatic N) is 1. The monoisotopic (exact) mass is 508 g/mol. The van der Waals surface area contributed by atoms with Crippen LogP contribution in [0.3, 0.4) is 0 Å². The Morgan fingerprint density at radius 3 is 2.42 bits per heavy atom. The van der Waals surface area contributed by atoms with E-state index in [-0.39, 0.29) is 41.0 Å². The molecule has 0 aromatic heterocycles. The molecule has 1 saturated heterocycles. The van der Waals surface area contributed by atoms with Crippen LogP contribution in [0.25, 0.3) is 0 Å². The maximum absolute atomic E-state index is 13.0. The molecule has 3 amide bonds. The summed E-state index contributed by atoms with van der Waals surface area (Å²) in [5, 5.41) is 2.71. The van der Waals surface area contributed by atoms with E-state index in [1.807, 2.05) is 25.1 Å². The number of allylic oxidation sites excluding steroid dienone is 2. The van der Waals surface area contributed by atoms with E-state index >= 15 is 0 Å². The van der Waals surface area contributed by atoms with Crippen molar-refractivity contribution >= 4 is 51.0 Å². The van der Waals surface area contributed by atoms with Crippen LogP contribution in [0.2, 0.25) is 0 Å². The Bertz CT molecular complexity index is 1190.